The smallest absolute Gasteiger partial charge is 0.222 e. The number of likely N-dealkylation sites (tertiary alicyclic amines) is 1. The van der Waals surface area contributed by atoms with Crippen molar-refractivity contribution in [3.8, 4) is 11.5 Å². The van der Waals surface area contributed by atoms with Gasteiger partial charge < -0.3 is 19.7 Å². The molecule has 26 heavy (non-hydrogen) atoms. The van der Waals surface area contributed by atoms with Crippen LogP contribution in [-0.4, -0.2) is 43.7 Å². The first-order valence-electron chi connectivity index (χ1n) is 9.19. The second kappa shape index (κ2) is 9.82. The van der Waals surface area contributed by atoms with Crippen LogP contribution < -0.4 is 14.8 Å². The number of hydrogen-bond acceptors (Lipinski definition) is 4. The molecule has 1 N–H and O–H groups in total. The van der Waals surface area contributed by atoms with Crippen LogP contribution in [0.25, 0.3) is 0 Å². The molecule has 1 amide bonds. The minimum Gasteiger partial charge on any atom is -0.490 e. The summed E-state index contributed by atoms with van der Waals surface area (Å²) in [5.41, 5.74) is 1.20. The SMILES string of the molecule is O=C1CCCN1CCNCc1ccc(OCCOc2ccccc2)cc1. The topological polar surface area (TPSA) is 50.8 Å². The molecule has 2 aromatic carbocycles. The molecule has 1 fully saturated rings. The normalized spacial score (nSPS) is 13.8. The fourth-order valence-electron chi connectivity index (χ4n) is 2.93. The Kier molecular flexibility index (Phi) is 6.90. The lowest BCUT2D eigenvalue weighted by atomic mass is 10.2. The van der Waals surface area contributed by atoms with E-state index in [1.54, 1.807) is 0 Å². The lowest BCUT2D eigenvalue weighted by Crippen LogP contribution is -2.32. The molecule has 0 spiro atoms. The number of nitrogens with one attached hydrogen (secondary N) is 1. The summed E-state index contributed by atoms with van der Waals surface area (Å²) in [6.45, 7) is 4.33. The number of carbonyl (C=O) groups excluding carboxylic acids is 1. The fourth-order valence-corrected chi connectivity index (χ4v) is 2.93. The minimum atomic E-state index is 0.282. The number of ether oxygens (including phenoxy) is 2. The Morgan fingerprint density at radius 3 is 2.27 bits per heavy atom. The molecule has 0 unspecified atom stereocenters. The van der Waals surface area contributed by atoms with E-state index in [2.05, 4.69) is 17.4 Å². The van der Waals surface area contributed by atoms with Crippen LogP contribution in [0, 0.1) is 0 Å². The van der Waals surface area contributed by atoms with Crippen molar-refractivity contribution < 1.29 is 14.3 Å². The van der Waals surface area contributed by atoms with Crippen molar-refractivity contribution in [2.24, 2.45) is 0 Å². The highest BCUT2D eigenvalue weighted by molar-refractivity contribution is 5.78. The van der Waals surface area contributed by atoms with Gasteiger partial charge in [0.25, 0.3) is 0 Å². The van der Waals surface area contributed by atoms with Crippen LogP contribution in [0.1, 0.15) is 18.4 Å². The first-order valence-corrected chi connectivity index (χ1v) is 9.19. The van der Waals surface area contributed by atoms with Crippen molar-refractivity contribution >= 4 is 5.91 Å². The van der Waals surface area contributed by atoms with Crippen molar-refractivity contribution in [2.45, 2.75) is 19.4 Å². The second-order valence-corrected chi connectivity index (χ2v) is 6.32. The molecule has 3 rings (SSSR count). The Hall–Kier alpha value is -2.53. The molecule has 0 bridgehead atoms. The highest BCUT2D eigenvalue weighted by Crippen LogP contribution is 2.13. The van der Waals surface area contributed by atoms with E-state index in [0.717, 1.165) is 44.1 Å². The van der Waals surface area contributed by atoms with E-state index in [1.807, 2.05) is 47.4 Å². The Morgan fingerprint density at radius 1 is 0.923 bits per heavy atom. The molecule has 5 heteroatoms. The summed E-state index contributed by atoms with van der Waals surface area (Å²) in [6, 6.07) is 17.8. The number of rotatable bonds is 10. The van der Waals surface area contributed by atoms with Gasteiger partial charge in [-0.05, 0) is 36.2 Å². The second-order valence-electron chi connectivity index (χ2n) is 6.32. The zero-order valence-electron chi connectivity index (χ0n) is 15.0. The van der Waals surface area contributed by atoms with Gasteiger partial charge in [-0.15, -0.1) is 0 Å². The summed E-state index contributed by atoms with van der Waals surface area (Å²) in [5, 5.41) is 3.38. The quantitative estimate of drug-likeness (QED) is 0.667. The third kappa shape index (κ3) is 5.77. The van der Waals surface area contributed by atoms with Crippen molar-refractivity contribution in [3.63, 3.8) is 0 Å². The number of benzene rings is 2. The highest BCUT2D eigenvalue weighted by Gasteiger charge is 2.18. The lowest BCUT2D eigenvalue weighted by molar-refractivity contribution is -0.127. The lowest BCUT2D eigenvalue weighted by Gasteiger charge is -2.15. The molecule has 1 aliphatic heterocycles. The van der Waals surface area contributed by atoms with E-state index < -0.39 is 0 Å². The van der Waals surface area contributed by atoms with Gasteiger partial charge >= 0.3 is 0 Å². The van der Waals surface area contributed by atoms with Gasteiger partial charge in [-0.3, -0.25) is 4.79 Å². The van der Waals surface area contributed by atoms with E-state index in [9.17, 15) is 4.79 Å². The molecular formula is C21H26N2O3. The van der Waals surface area contributed by atoms with E-state index >= 15 is 0 Å². The van der Waals surface area contributed by atoms with E-state index in [1.165, 1.54) is 5.56 Å². The van der Waals surface area contributed by atoms with Gasteiger partial charge in [0, 0.05) is 32.6 Å². The summed E-state index contributed by atoms with van der Waals surface area (Å²) in [6.07, 6.45) is 1.70. The van der Waals surface area contributed by atoms with Gasteiger partial charge in [-0.2, -0.15) is 0 Å². The maximum absolute atomic E-state index is 11.5. The monoisotopic (exact) mass is 354 g/mol. The van der Waals surface area contributed by atoms with Gasteiger partial charge in [0.2, 0.25) is 5.91 Å². The molecule has 1 saturated heterocycles. The first-order chi connectivity index (χ1) is 12.8. The molecular weight excluding hydrogens is 328 g/mol. The van der Waals surface area contributed by atoms with Crippen LogP contribution in [0.2, 0.25) is 0 Å². The standard InChI is InChI=1S/C21H26N2O3/c24-21-7-4-13-23(21)14-12-22-17-18-8-10-20(11-9-18)26-16-15-25-19-5-2-1-3-6-19/h1-3,5-6,8-11,22H,4,7,12-17H2. The molecule has 1 aliphatic rings. The molecule has 138 valence electrons. The Balaban J connectivity index is 1.30. The van der Waals surface area contributed by atoms with Crippen molar-refractivity contribution in [1.82, 2.24) is 10.2 Å². The van der Waals surface area contributed by atoms with Gasteiger partial charge in [-0.25, -0.2) is 0 Å². The number of carbonyl (C=O) groups is 1. The van der Waals surface area contributed by atoms with Gasteiger partial charge in [0.05, 0.1) is 0 Å². The van der Waals surface area contributed by atoms with Crippen LogP contribution in [0.5, 0.6) is 11.5 Å². The van der Waals surface area contributed by atoms with E-state index in [0.29, 0.717) is 19.6 Å². The number of nitrogens with zero attached hydrogens (tertiary/aromatic N) is 1. The van der Waals surface area contributed by atoms with Gasteiger partial charge in [-0.1, -0.05) is 30.3 Å². The summed E-state index contributed by atoms with van der Waals surface area (Å²) < 4.78 is 11.3. The summed E-state index contributed by atoms with van der Waals surface area (Å²) in [5.74, 6) is 1.98. The van der Waals surface area contributed by atoms with Crippen LogP contribution in [0.4, 0.5) is 0 Å². The van der Waals surface area contributed by atoms with Crippen LogP contribution in [-0.2, 0) is 11.3 Å². The maximum atomic E-state index is 11.5. The zero-order chi connectivity index (χ0) is 18.0. The van der Waals surface area contributed by atoms with Gasteiger partial charge in [0.1, 0.15) is 24.7 Å². The number of para-hydroxylation sites is 1. The van der Waals surface area contributed by atoms with Crippen LogP contribution in [0.15, 0.2) is 54.6 Å². The number of hydrogen-bond donors (Lipinski definition) is 1. The average molecular weight is 354 g/mol. The fraction of sp³-hybridized carbons (Fsp3) is 0.381. The summed E-state index contributed by atoms with van der Waals surface area (Å²) in [7, 11) is 0. The largest absolute Gasteiger partial charge is 0.490 e. The van der Waals surface area contributed by atoms with Crippen LogP contribution in [0.3, 0.4) is 0 Å². The predicted molar refractivity (Wildman–Crippen MR) is 101 cm³/mol. The third-order valence-electron chi connectivity index (χ3n) is 4.35. The van der Waals surface area contributed by atoms with E-state index in [4.69, 9.17) is 9.47 Å². The zero-order valence-corrected chi connectivity index (χ0v) is 15.0. The Morgan fingerprint density at radius 2 is 1.62 bits per heavy atom. The molecule has 2 aromatic rings. The van der Waals surface area contributed by atoms with Crippen molar-refractivity contribution in [1.29, 1.82) is 0 Å². The van der Waals surface area contributed by atoms with Crippen molar-refractivity contribution in [2.75, 3.05) is 32.8 Å². The predicted octanol–water partition coefficient (Wildman–Crippen LogP) is 2.86. The average Bonchev–Trinajstić information content (AvgIpc) is 3.09. The summed E-state index contributed by atoms with van der Waals surface area (Å²) in [4.78, 5) is 13.5. The van der Waals surface area contributed by atoms with Gasteiger partial charge in [0.15, 0.2) is 0 Å². The summed E-state index contributed by atoms with van der Waals surface area (Å²) >= 11 is 0. The maximum Gasteiger partial charge on any atom is 0.222 e. The van der Waals surface area contributed by atoms with Crippen molar-refractivity contribution in [3.05, 3.63) is 60.2 Å². The molecule has 0 aliphatic carbocycles. The molecule has 1 heterocycles. The third-order valence-corrected chi connectivity index (χ3v) is 4.35. The molecule has 0 atom stereocenters. The molecule has 0 aromatic heterocycles. The van der Waals surface area contributed by atoms with E-state index in [-0.39, 0.29) is 5.91 Å². The molecule has 5 nitrogen and oxygen atoms in total. The molecule has 0 saturated carbocycles. The first kappa shape index (κ1) is 18.3. The minimum absolute atomic E-state index is 0.282. The van der Waals surface area contributed by atoms with Crippen LogP contribution >= 0.6 is 0 Å². The Bertz CT molecular complexity index is 673. The molecule has 0 radical (unpaired) electrons. The number of amides is 1. The highest BCUT2D eigenvalue weighted by atomic mass is 16.5. The Labute approximate surface area is 154 Å².